The Kier molecular flexibility index (Phi) is 7.50. The first-order chi connectivity index (χ1) is 14.7. The molecule has 0 amide bonds. The van der Waals surface area contributed by atoms with Crippen molar-refractivity contribution in [2.75, 3.05) is 0 Å². The van der Waals surface area contributed by atoms with Crippen LogP contribution in [0.5, 0.6) is 0 Å². The van der Waals surface area contributed by atoms with E-state index in [0.29, 0.717) is 38.6 Å². The average Bonchev–Trinajstić information content (AvgIpc) is 3.15. The summed E-state index contributed by atoms with van der Waals surface area (Å²) in [5.41, 5.74) is 8.50. The molecule has 0 aliphatic carbocycles. The molecule has 0 spiro atoms. The van der Waals surface area contributed by atoms with Crippen molar-refractivity contribution in [1.82, 2.24) is 4.57 Å². The van der Waals surface area contributed by atoms with Gasteiger partial charge in [-0.1, -0.05) is 0 Å². The van der Waals surface area contributed by atoms with Crippen LogP contribution in [0, 0.1) is 0 Å². The normalized spacial score (nSPS) is 12.0. The first-order valence-electron chi connectivity index (χ1n) is 11.6. The zero-order valence-electron chi connectivity index (χ0n) is 20.7. The van der Waals surface area contributed by atoms with Crippen molar-refractivity contribution >= 4 is 19.7 Å². The molecule has 3 rings (SSSR count). The monoisotopic (exact) mass is 483 g/mol. The molecule has 1 aromatic heterocycles. The van der Waals surface area contributed by atoms with E-state index in [4.69, 9.17) is 0 Å². The van der Waals surface area contributed by atoms with Crippen molar-refractivity contribution < 1.29 is 4.57 Å². The predicted octanol–water partition coefficient (Wildman–Crippen LogP) is 6.63. The van der Waals surface area contributed by atoms with Crippen LogP contribution in [-0.2, 0) is 0 Å². The third-order valence-corrected chi connectivity index (χ3v) is 7.72. The molecule has 0 bridgehead atoms. The Bertz CT molecular complexity index is 908. The fraction of sp³-hybridized carbons (Fsp3) is 0.464. The van der Waals surface area contributed by atoms with Crippen molar-refractivity contribution in [2.24, 2.45) is 0 Å². The molecule has 0 atom stereocenters. The quantitative estimate of drug-likeness (QED) is 0.264. The third-order valence-electron chi connectivity index (χ3n) is 6.13. The Hall–Kier alpha value is -1.83. The molecule has 0 aliphatic rings. The Labute approximate surface area is 195 Å². The molecule has 3 aromatic rings. The van der Waals surface area contributed by atoms with E-state index in [0.717, 1.165) is 0 Å². The Morgan fingerprint density at radius 2 is 1.10 bits per heavy atom. The van der Waals surface area contributed by atoms with Gasteiger partial charge in [0, 0.05) is 0 Å². The Morgan fingerprint density at radius 3 is 1.48 bits per heavy atom. The summed E-state index contributed by atoms with van der Waals surface area (Å²) in [6.45, 7) is 18.5. The Balaban J connectivity index is 2.36. The first kappa shape index (κ1) is 23.8. The van der Waals surface area contributed by atoms with Gasteiger partial charge < -0.3 is 0 Å². The van der Waals surface area contributed by atoms with Gasteiger partial charge in [0.1, 0.15) is 0 Å². The summed E-state index contributed by atoms with van der Waals surface area (Å²) in [5.74, 6) is 4.27. The van der Waals surface area contributed by atoms with Crippen LogP contribution >= 0.6 is 0 Å². The molecule has 0 N–H and O–H groups in total. The molecule has 1 heterocycles. The number of benzene rings is 2. The minimum atomic E-state index is 0.334. The fourth-order valence-corrected chi connectivity index (χ4v) is 5.96. The van der Waals surface area contributed by atoms with Gasteiger partial charge >= 0.3 is 196 Å². The predicted molar refractivity (Wildman–Crippen MR) is 135 cm³/mol. The van der Waals surface area contributed by atoms with Crippen LogP contribution < -0.4 is 9.29 Å². The van der Waals surface area contributed by atoms with Crippen LogP contribution in [0.15, 0.2) is 48.8 Å². The number of nitrogens with zero attached hydrogens (tertiary/aromatic N) is 2. The summed E-state index contributed by atoms with van der Waals surface area (Å²) >= 11 is 0.334. The van der Waals surface area contributed by atoms with E-state index in [-0.39, 0.29) is 0 Å². The van der Waals surface area contributed by atoms with E-state index in [1.807, 2.05) is 0 Å². The van der Waals surface area contributed by atoms with Crippen molar-refractivity contribution in [2.45, 2.75) is 84.9 Å². The number of aromatic nitrogens is 2. The third kappa shape index (κ3) is 4.54. The summed E-state index contributed by atoms with van der Waals surface area (Å²) < 4.78 is 6.38. The zero-order chi connectivity index (χ0) is 22.9. The van der Waals surface area contributed by atoms with Crippen LogP contribution in [0.25, 0.3) is 11.4 Å². The van der Waals surface area contributed by atoms with Gasteiger partial charge in [-0.3, -0.25) is 0 Å². The molecule has 2 nitrogen and oxygen atoms in total. The maximum atomic E-state index is 2.49. The molecule has 31 heavy (non-hydrogen) atoms. The van der Waals surface area contributed by atoms with Crippen LogP contribution in [0.2, 0.25) is 5.82 Å². The van der Waals surface area contributed by atoms with Gasteiger partial charge in [0.2, 0.25) is 0 Å². The number of para-hydroxylation sites is 2. The van der Waals surface area contributed by atoms with Crippen LogP contribution in [0.3, 0.4) is 0 Å². The molecule has 2 aromatic carbocycles. The van der Waals surface area contributed by atoms with E-state index in [2.05, 4.69) is 119 Å². The van der Waals surface area contributed by atoms with Crippen molar-refractivity contribution in [3.05, 3.63) is 71.0 Å². The molecular weight excluding hydrogens is 443 g/mol. The molecule has 0 unspecified atom stereocenters. The standard InChI is InChI=1S/C28H39N2Se/c1-18(2)22-12-10-13-23(19(3)4)26(22)29-16-17-30(28(29)31-9)27-24(20(5)6)14-11-15-25(27)21(7)8/h10-21H,1-9H3/q+1. The fourth-order valence-electron chi connectivity index (χ4n) is 4.49. The number of hydrogen-bond acceptors (Lipinski definition) is 0. The molecule has 3 heteroatoms. The molecule has 0 saturated heterocycles. The van der Waals surface area contributed by atoms with E-state index < -0.39 is 0 Å². The van der Waals surface area contributed by atoms with E-state index in [1.165, 1.54) is 38.4 Å². The molecule has 0 fully saturated rings. The van der Waals surface area contributed by atoms with Gasteiger partial charge in [0.15, 0.2) is 0 Å². The van der Waals surface area contributed by atoms with Crippen molar-refractivity contribution in [3.63, 3.8) is 0 Å². The molecular formula is C28H39N2Se+. The number of imidazole rings is 1. The van der Waals surface area contributed by atoms with E-state index in [1.54, 1.807) is 0 Å². The van der Waals surface area contributed by atoms with E-state index >= 15 is 0 Å². The van der Waals surface area contributed by atoms with E-state index in [9.17, 15) is 0 Å². The van der Waals surface area contributed by atoms with Crippen molar-refractivity contribution in [3.8, 4) is 11.4 Å². The van der Waals surface area contributed by atoms with Gasteiger partial charge in [0.25, 0.3) is 0 Å². The topological polar surface area (TPSA) is 8.81 Å². The molecule has 0 saturated carbocycles. The van der Waals surface area contributed by atoms with Gasteiger partial charge in [-0.25, -0.2) is 0 Å². The summed E-state index contributed by atoms with van der Waals surface area (Å²) in [4.78, 5) is 0. The molecule has 166 valence electrons. The summed E-state index contributed by atoms with van der Waals surface area (Å²) in [6.07, 6.45) is 4.60. The van der Waals surface area contributed by atoms with Gasteiger partial charge in [-0.05, 0) is 0 Å². The molecule has 0 radical (unpaired) electrons. The first-order valence-corrected chi connectivity index (χ1v) is 14.2. The summed E-state index contributed by atoms with van der Waals surface area (Å²) in [5, 5.41) is 0. The van der Waals surface area contributed by atoms with Gasteiger partial charge in [0.05, 0.1) is 0 Å². The van der Waals surface area contributed by atoms with Crippen LogP contribution in [-0.4, -0.2) is 19.5 Å². The van der Waals surface area contributed by atoms with Crippen molar-refractivity contribution in [1.29, 1.82) is 0 Å². The minimum absolute atomic E-state index is 0.334. The van der Waals surface area contributed by atoms with Crippen LogP contribution in [0.4, 0.5) is 0 Å². The Morgan fingerprint density at radius 1 is 0.677 bits per heavy atom. The van der Waals surface area contributed by atoms with Gasteiger partial charge in [-0.15, -0.1) is 0 Å². The summed E-state index contributed by atoms with van der Waals surface area (Å²) in [7, 11) is 0. The van der Waals surface area contributed by atoms with Crippen LogP contribution in [0.1, 0.15) is 101 Å². The zero-order valence-corrected chi connectivity index (χ0v) is 22.4. The second-order valence-corrected chi connectivity index (χ2v) is 11.3. The second kappa shape index (κ2) is 9.76. The SMILES string of the molecule is C[Se]c1n(-c2c(C(C)C)cccc2C(C)C)cc[n+]1-c1c(C(C)C)cccc1C(C)C. The average molecular weight is 483 g/mol. The molecule has 0 aliphatic heterocycles. The second-order valence-electron chi connectivity index (χ2n) is 9.71. The maximum absolute atomic E-state index is 2.49. The number of hydrogen-bond donors (Lipinski definition) is 0. The van der Waals surface area contributed by atoms with Gasteiger partial charge in [-0.2, -0.15) is 0 Å². The summed E-state index contributed by atoms with van der Waals surface area (Å²) in [6, 6.07) is 13.7. The number of rotatable bonds is 7.